The molecule has 0 aliphatic rings. The number of aromatic amines is 1. The van der Waals surface area contributed by atoms with Gasteiger partial charge < -0.3 is 4.98 Å². The van der Waals surface area contributed by atoms with Crippen LogP contribution >= 0.6 is 39.1 Å². The summed E-state index contributed by atoms with van der Waals surface area (Å²) >= 11 is 15.6. The monoisotopic (exact) mass is 340 g/mol. The molecular formula is C13H7BrCl2N2. The summed E-state index contributed by atoms with van der Waals surface area (Å²) in [7, 11) is 0. The van der Waals surface area contributed by atoms with E-state index in [4.69, 9.17) is 23.2 Å². The topological polar surface area (TPSA) is 28.7 Å². The number of fused-ring (bicyclic) bond motifs is 1. The predicted molar refractivity (Wildman–Crippen MR) is 79.2 cm³/mol. The maximum Gasteiger partial charge on any atom is 0.140 e. The summed E-state index contributed by atoms with van der Waals surface area (Å²) in [6.45, 7) is 0. The highest BCUT2D eigenvalue weighted by molar-refractivity contribution is 9.10. The van der Waals surface area contributed by atoms with Gasteiger partial charge in [-0.05, 0) is 36.4 Å². The van der Waals surface area contributed by atoms with Gasteiger partial charge in [-0.15, -0.1) is 0 Å². The molecule has 90 valence electrons. The van der Waals surface area contributed by atoms with Crippen molar-refractivity contribution >= 4 is 50.2 Å². The quantitative estimate of drug-likeness (QED) is 0.639. The molecule has 0 fully saturated rings. The van der Waals surface area contributed by atoms with E-state index >= 15 is 0 Å². The van der Waals surface area contributed by atoms with Crippen molar-refractivity contribution in [2.75, 3.05) is 0 Å². The van der Waals surface area contributed by atoms with E-state index < -0.39 is 0 Å². The summed E-state index contributed by atoms with van der Waals surface area (Å²) in [5.41, 5.74) is 2.62. The summed E-state index contributed by atoms with van der Waals surface area (Å²) in [6.07, 6.45) is 0. The van der Waals surface area contributed by atoms with Crippen molar-refractivity contribution in [3.05, 3.63) is 50.9 Å². The Labute approximate surface area is 122 Å². The minimum absolute atomic E-state index is 0.656. The van der Waals surface area contributed by atoms with Crippen LogP contribution in [0.15, 0.2) is 40.9 Å². The Kier molecular flexibility index (Phi) is 3.06. The zero-order valence-corrected chi connectivity index (χ0v) is 12.1. The van der Waals surface area contributed by atoms with E-state index in [-0.39, 0.29) is 0 Å². The molecule has 0 atom stereocenters. The molecule has 0 aliphatic carbocycles. The number of H-pyrrole nitrogens is 1. The van der Waals surface area contributed by atoms with E-state index in [0.717, 1.165) is 26.9 Å². The van der Waals surface area contributed by atoms with Crippen molar-refractivity contribution in [3.63, 3.8) is 0 Å². The Morgan fingerprint density at radius 3 is 2.72 bits per heavy atom. The lowest BCUT2D eigenvalue weighted by Gasteiger charge is -2.00. The molecule has 0 aliphatic heterocycles. The van der Waals surface area contributed by atoms with Gasteiger partial charge in [0, 0.05) is 15.1 Å². The highest BCUT2D eigenvalue weighted by Gasteiger charge is 2.09. The third-order valence-electron chi connectivity index (χ3n) is 2.63. The third-order valence-corrected chi connectivity index (χ3v) is 3.69. The van der Waals surface area contributed by atoms with Crippen molar-refractivity contribution < 1.29 is 0 Å². The van der Waals surface area contributed by atoms with Gasteiger partial charge >= 0.3 is 0 Å². The number of aromatic nitrogens is 2. The highest BCUT2D eigenvalue weighted by Crippen LogP contribution is 2.30. The first-order valence-corrected chi connectivity index (χ1v) is 6.79. The van der Waals surface area contributed by atoms with Gasteiger partial charge in [-0.1, -0.05) is 39.1 Å². The van der Waals surface area contributed by atoms with Gasteiger partial charge in [0.15, 0.2) is 0 Å². The Bertz CT molecular complexity index is 737. The van der Waals surface area contributed by atoms with E-state index in [2.05, 4.69) is 25.9 Å². The van der Waals surface area contributed by atoms with E-state index in [1.54, 1.807) is 0 Å². The lowest BCUT2D eigenvalue weighted by Crippen LogP contribution is -1.82. The van der Waals surface area contributed by atoms with Gasteiger partial charge in [-0.25, -0.2) is 4.98 Å². The van der Waals surface area contributed by atoms with Gasteiger partial charge in [0.05, 0.1) is 16.1 Å². The van der Waals surface area contributed by atoms with Crippen LogP contribution in [0, 0.1) is 0 Å². The van der Waals surface area contributed by atoms with Crippen molar-refractivity contribution in [1.29, 1.82) is 0 Å². The van der Waals surface area contributed by atoms with Crippen LogP contribution in [-0.2, 0) is 0 Å². The molecular weight excluding hydrogens is 335 g/mol. The highest BCUT2D eigenvalue weighted by atomic mass is 79.9. The third kappa shape index (κ3) is 2.14. The maximum atomic E-state index is 6.18. The molecule has 1 heterocycles. The molecule has 2 aromatic carbocycles. The van der Waals surface area contributed by atoms with Gasteiger partial charge in [-0.3, -0.25) is 0 Å². The van der Waals surface area contributed by atoms with E-state index in [1.807, 2.05) is 36.4 Å². The van der Waals surface area contributed by atoms with Crippen LogP contribution in [0.5, 0.6) is 0 Å². The number of hydrogen-bond acceptors (Lipinski definition) is 1. The fourth-order valence-electron chi connectivity index (χ4n) is 1.79. The first-order valence-electron chi connectivity index (χ1n) is 5.24. The van der Waals surface area contributed by atoms with Crippen molar-refractivity contribution in [2.24, 2.45) is 0 Å². The summed E-state index contributed by atoms with van der Waals surface area (Å²) < 4.78 is 0.959. The van der Waals surface area contributed by atoms with Gasteiger partial charge in [-0.2, -0.15) is 0 Å². The van der Waals surface area contributed by atoms with Crippen molar-refractivity contribution in [3.8, 4) is 11.4 Å². The Hall–Kier alpha value is -1.03. The number of nitrogens with one attached hydrogen (secondary N) is 1. The first kappa shape index (κ1) is 12.0. The van der Waals surface area contributed by atoms with Crippen LogP contribution < -0.4 is 0 Å². The van der Waals surface area contributed by atoms with Crippen molar-refractivity contribution in [1.82, 2.24) is 9.97 Å². The minimum Gasteiger partial charge on any atom is -0.338 e. The van der Waals surface area contributed by atoms with E-state index in [9.17, 15) is 0 Å². The average molecular weight is 342 g/mol. The second kappa shape index (κ2) is 4.57. The molecule has 0 unspecified atom stereocenters. The largest absolute Gasteiger partial charge is 0.338 e. The number of hydrogen-bond donors (Lipinski definition) is 1. The van der Waals surface area contributed by atoms with E-state index in [1.165, 1.54) is 0 Å². The number of benzene rings is 2. The number of halogens is 3. The maximum absolute atomic E-state index is 6.18. The molecule has 0 spiro atoms. The minimum atomic E-state index is 0.656. The molecule has 2 nitrogen and oxygen atoms in total. The van der Waals surface area contributed by atoms with E-state index in [0.29, 0.717) is 10.0 Å². The molecule has 3 aromatic rings. The molecule has 1 aromatic heterocycles. The molecule has 0 bridgehead atoms. The Morgan fingerprint density at radius 1 is 1.06 bits per heavy atom. The van der Waals surface area contributed by atoms with Gasteiger partial charge in [0.2, 0.25) is 0 Å². The predicted octanol–water partition coefficient (Wildman–Crippen LogP) is 5.30. The van der Waals surface area contributed by atoms with Crippen molar-refractivity contribution in [2.45, 2.75) is 0 Å². The average Bonchev–Trinajstić information content (AvgIpc) is 2.74. The lowest BCUT2D eigenvalue weighted by atomic mass is 10.2. The number of rotatable bonds is 1. The zero-order chi connectivity index (χ0) is 12.7. The Morgan fingerprint density at radius 2 is 1.89 bits per heavy atom. The standard InChI is InChI=1S/C13H7BrCl2N2/c14-7-1-3-10(16)9(5-7)13-17-11-4-2-8(15)6-12(11)18-13/h1-6H,(H,17,18). The summed E-state index contributed by atoms with van der Waals surface area (Å²) in [5.74, 6) is 0.735. The van der Waals surface area contributed by atoms with Crippen LogP contribution in [0.4, 0.5) is 0 Å². The molecule has 18 heavy (non-hydrogen) atoms. The second-order valence-corrected chi connectivity index (χ2v) is 5.63. The summed E-state index contributed by atoms with van der Waals surface area (Å²) in [6, 6.07) is 11.2. The molecule has 3 rings (SSSR count). The molecule has 0 saturated heterocycles. The molecule has 1 N–H and O–H groups in total. The summed E-state index contributed by atoms with van der Waals surface area (Å²) in [5, 5.41) is 1.33. The molecule has 0 saturated carbocycles. The fourth-order valence-corrected chi connectivity index (χ4v) is 2.53. The molecule has 5 heteroatoms. The number of imidazole rings is 1. The Balaban J connectivity index is 2.22. The smallest absolute Gasteiger partial charge is 0.140 e. The van der Waals surface area contributed by atoms with Crippen LogP contribution in [0.25, 0.3) is 22.4 Å². The lowest BCUT2D eigenvalue weighted by molar-refractivity contribution is 1.33. The first-order chi connectivity index (χ1) is 8.63. The van der Waals surface area contributed by atoms with Crippen LogP contribution in [0.3, 0.4) is 0 Å². The molecule has 0 radical (unpaired) electrons. The number of nitrogens with zero attached hydrogens (tertiary/aromatic N) is 1. The second-order valence-electron chi connectivity index (χ2n) is 3.87. The van der Waals surface area contributed by atoms with Crippen LogP contribution in [-0.4, -0.2) is 9.97 Å². The van der Waals surface area contributed by atoms with Gasteiger partial charge in [0.25, 0.3) is 0 Å². The summed E-state index contributed by atoms with van der Waals surface area (Å²) in [4.78, 5) is 7.73. The molecule has 0 amide bonds. The fraction of sp³-hybridized carbons (Fsp3) is 0. The van der Waals surface area contributed by atoms with Gasteiger partial charge in [0.1, 0.15) is 5.82 Å². The SMILES string of the molecule is Clc1ccc2nc(-c3cc(Br)ccc3Cl)[nH]c2c1. The van der Waals surface area contributed by atoms with Crippen LogP contribution in [0.2, 0.25) is 10.0 Å². The van der Waals surface area contributed by atoms with Crippen LogP contribution in [0.1, 0.15) is 0 Å². The normalized spacial score (nSPS) is 11.1. The zero-order valence-electron chi connectivity index (χ0n) is 9.05.